The van der Waals surface area contributed by atoms with Crippen LogP contribution in [0.15, 0.2) is 12.3 Å². The third kappa shape index (κ3) is 23.3. The van der Waals surface area contributed by atoms with Crippen molar-refractivity contribution >= 4 is 0 Å². The molecule has 6 heteroatoms. The summed E-state index contributed by atoms with van der Waals surface area (Å²) in [5, 5.41) is 16.5. The molecule has 0 spiro atoms. The van der Waals surface area contributed by atoms with Crippen molar-refractivity contribution in [2.24, 2.45) is 0 Å². The van der Waals surface area contributed by atoms with Crippen molar-refractivity contribution < 1.29 is 29.9 Å². The minimum Gasteiger partial charge on any atom is -0.314 e. The SMILES string of the molecule is CC=COOOOOOCCCCCCCCCCCCCCCC. The maximum absolute atomic E-state index is 4.75. The monoisotopic (exact) mass is 362 g/mol. The molecule has 0 aliphatic rings. The van der Waals surface area contributed by atoms with E-state index in [9.17, 15) is 0 Å². The first kappa shape index (κ1) is 24.3. The van der Waals surface area contributed by atoms with Crippen LogP contribution in [0.2, 0.25) is 0 Å². The van der Waals surface area contributed by atoms with E-state index in [0.29, 0.717) is 6.61 Å². The van der Waals surface area contributed by atoms with E-state index in [2.05, 4.69) is 32.0 Å². The molecule has 25 heavy (non-hydrogen) atoms. The lowest BCUT2D eigenvalue weighted by Crippen LogP contribution is -2.00. The zero-order valence-corrected chi connectivity index (χ0v) is 16.2. The number of hydrogen-bond donors (Lipinski definition) is 0. The fourth-order valence-electron chi connectivity index (χ4n) is 2.53. The van der Waals surface area contributed by atoms with Crippen LogP contribution in [-0.4, -0.2) is 6.61 Å². The van der Waals surface area contributed by atoms with E-state index in [1.807, 2.05) is 0 Å². The Morgan fingerprint density at radius 3 is 1.56 bits per heavy atom. The van der Waals surface area contributed by atoms with Crippen LogP contribution >= 0.6 is 0 Å². The van der Waals surface area contributed by atoms with Gasteiger partial charge in [0.2, 0.25) is 0 Å². The second-order valence-electron chi connectivity index (χ2n) is 6.26. The maximum Gasteiger partial charge on any atom is 0.128 e. The lowest BCUT2D eigenvalue weighted by molar-refractivity contribution is -0.751. The highest BCUT2D eigenvalue weighted by Crippen LogP contribution is 2.12. The molecule has 150 valence electrons. The predicted octanol–water partition coefficient (Wildman–Crippen LogP) is 6.68. The summed E-state index contributed by atoms with van der Waals surface area (Å²) < 4.78 is 0. The molecule has 0 radical (unpaired) electrons. The van der Waals surface area contributed by atoms with E-state index in [1.54, 1.807) is 13.0 Å². The third-order valence-electron chi connectivity index (χ3n) is 3.94. The topological polar surface area (TPSA) is 55.4 Å². The Hall–Kier alpha value is -0.660. The molecule has 0 heterocycles. The third-order valence-corrected chi connectivity index (χ3v) is 3.94. The second-order valence-corrected chi connectivity index (χ2v) is 6.26. The predicted molar refractivity (Wildman–Crippen MR) is 96.5 cm³/mol. The summed E-state index contributed by atoms with van der Waals surface area (Å²) in [5.41, 5.74) is 0. The molecular formula is C19H38O6. The van der Waals surface area contributed by atoms with Crippen LogP contribution in [0, 0.1) is 0 Å². The van der Waals surface area contributed by atoms with Crippen molar-refractivity contribution in [3.05, 3.63) is 12.3 Å². The van der Waals surface area contributed by atoms with Crippen LogP contribution in [0.3, 0.4) is 0 Å². The Morgan fingerprint density at radius 2 is 1.04 bits per heavy atom. The molecule has 0 fully saturated rings. The molecule has 0 saturated heterocycles. The molecule has 0 aromatic heterocycles. The molecule has 0 aliphatic heterocycles. The smallest absolute Gasteiger partial charge is 0.128 e. The Bertz CT molecular complexity index is 260. The van der Waals surface area contributed by atoms with Crippen LogP contribution in [0.4, 0.5) is 0 Å². The zero-order valence-electron chi connectivity index (χ0n) is 16.2. The van der Waals surface area contributed by atoms with Crippen molar-refractivity contribution in [3.8, 4) is 0 Å². The van der Waals surface area contributed by atoms with E-state index in [1.165, 1.54) is 83.3 Å². The highest BCUT2D eigenvalue weighted by atomic mass is 17.8. The molecule has 0 aromatic rings. The molecule has 0 unspecified atom stereocenters. The Labute approximate surface area is 153 Å². The Kier molecular flexibility index (Phi) is 22.7. The molecule has 0 N–H and O–H groups in total. The molecular weight excluding hydrogens is 324 g/mol. The summed E-state index contributed by atoms with van der Waals surface area (Å²) in [6.07, 6.45) is 21.4. The molecule has 0 amide bonds. The van der Waals surface area contributed by atoms with Crippen LogP contribution < -0.4 is 0 Å². The largest absolute Gasteiger partial charge is 0.314 e. The first-order valence-corrected chi connectivity index (χ1v) is 9.98. The standard InChI is InChI=1S/C19H38O6/c1-3-5-6-7-8-9-10-11-12-13-14-15-16-17-19-21-23-25-24-22-20-18-4-2/h4,18H,3,5-17,19H2,1-2H3. The van der Waals surface area contributed by atoms with E-state index in [0.717, 1.165) is 12.8 Å². The minimum absolute atomic E-state index is 0.455. The van der Waals surface area contributed by atoms with Crippen molar-refractivity contribution in [1.82, 2.24) is 0 Å². The molecule has 0 aliphatic carbocycles. The van der Waals surface area contributed by atoms with Gasteiger partial charge in [0.15, 0.2) is 0 Å². The van der Waals surface area contributed by atoms with Gasteiger partial charge in [-0.1, -0.05) is 90.4 Å². The Morgan fingerprint density at radius 1 is 0.560 bits per heavy atom. The van der Waals surface area contributed by atoms with Gasteiger partial charge in [-0.2, -0.15) is 0 Å². The van der Waals surface area contributed by atoms with Crippen molar-refractivity contribution in [2.45, 2.75) is 104 Å². The summed E-state index contributed by atoms with van der Waals surface area (Å²) in [4.78, 5) is 9.10. The molecule has 0 saturated carbocycles. The summed E-state index contributed by atoms with van der Waals surface area (Å²) in [5.74, 6) is 0. The fraction of sp³-hybridized carbons (Fsp3) is 0.895. The average molecular weight is 363 g/mol. The van der Waals surface area contributed by atoms with Gasteiger partial charge in [0.05, 0.1) is 6.61 Å². The first-order valence-electron chi connectivity index (χ1n) is 9.98. The highest BCUT2D eigenvalue weighted by Gasteiger charge is 1.96. The highest BCUT2D eigenvalue weighted by molar-refractivity contribution is 4.62. The summed E-state index contributed by atoms with van der Waals surface area (Å²) >= 11 is 0. The van der Waals surface area contributed by atoms with Gasteiger partial charge < -0.3 is 4.89 Å². The molecule has 0 rings (SSSR count). The van der Waals surface area contributed by atoms with Gasteiger partial charge in [0, 0.05) is 10.1 Å². The number of hydrogen-bond acceptors (Lipinski definition) is 6. The number of allylic oxidation sites excluding steroid dienone is 1. The van der Waals surface area contributed by atoms with Crippen LogP contribution in [0.25, 0.3) is 0 Å². The second kappa shape index (κ2) is 23.3. The van der Waals surface area contributed by atoms with E-state index in [4.69, 9.17) is 4.89 Å². The van der Waals surface area contributed by atoms with Crippen molar-refractivity contribution in [1.29, 1.82) is 0 Å². The summed E-state index contributed by atoms with van der Waals surface area (Å²) in [7, 11) is 0. The van der Waals surface area contributed by atoms with Crippen LogP contribution in [0.5, 0.6) is 0 Å². The first-order chi connectivity index (χ1) is 12.4. The number of rotatable bonds is 21. The van der Waals surface area contributed by atoms with Gasteiger partial charge in [-0.25, -0.2) is 4.89 Å². The van der Waals surface area contributed by atoms with Gasteiger partial charge in [0.25, 0.3) is 0 Å². The normalized spacial score (nSPS) is 11.4. The lowest BCUT2D eigenvalue weighted by atomic mass is 10.0. The van der Waals surface area contributed by atoms with E-state index in [-0.39, 0.29) is 0 Å². The van der Waals surface area contributed by atoms with Crippen molar-refractivity contribution in [2.75, 3.05) is 6.61 Å². The minimum atomic E-state index is 0.455. The van der Waals surface area contributed by atoms with Crippen LogP contribution in [0.1, 0.15) is 104 Å². The average Bonchev–Trinajstić information content (AvgIpc) is 2.63. The van der Waals surface area contributed by atoms with Crippen molar-refractivity contribution in [3.63, 3.8) is 0 Å². The summed E-state index contributed by atoms with van der Waals surface area (Å²) in [6.45, 7) is 4.49. The quantitative estimate of drug-likeness (QED) is 0.0982. The van der Waals surface area contributed by atoms with Gasteiger partial charge in [0.1, 0.15) is 6.26 Å². The summed E-state index contributed by atoms with van der Waals surface area (Å²) in [6, 6.07) is 0. The van der Waals surface area contributed by atoms with Gasteiger partial charge in [-0.15, -0.1) is 0 Å². The molecule has 6 nitrogen and oxygen atoms in total. The molecule has 0 atom stereocenters. The fourth-order valence-corrected chi connectivity index (χ4v) is 2.53. The molecule has 0 bridgehead atoms. The molecule has 0 aromatic carbocycles. The van der Waals surface area contributed by atoms with Gasteiger partial charge in [-0.3, -0.25) is 0 Å². The van der Waals surface area contributed by atoms with Gasteiger partial charge >= 0.3 is 0 Å². The van der Waals surface area contributed by atoms with Crippen LogP contribution in [-0.2, 0) is 29.9 Å². The van der Waals surface area contributed by atoms with Gasteiger partial charge in [-0.05, 0) is 29.5 Å². The maximum atomic E-state index is 4.75. The Balaban J connectivity index is 2.96. The zero-order chi connectivity index (χ0) is 18.3. The van der Waals surface area contributed by atoms with E-state index >= 15 is 0 Å². The number of unbranched alkanes of at least 4 members (excludes halogenated alkanes) is 13. The van der Waals surface area contributed by atoms with E-state index < -0.39 is 0 Å². The lowest BCUT2D eigenvalue weighted by Gasteiger charge is -2.03.